The summed E-state index contributed by atoms with van der Waals surface area (Å²) < 4.78 is 38.8. The van der Waals surface area contributed by atoms with E-state index in [2.05, 4.69) is 4.98 Å². The summed E-state index contributed by atoms with van der Waals surface area (Å²) in [6.07, 6.45) is -3.58. The molecule has 1 heterocycles. The van der Waals surface area contributed by atoms with Gasteiger partial charge in [0.2, 0.25) is 0 Å². The summed E-state index contributed by atoms with van der Waals surface area (Å²) >= 11 is 0. The van der Waals surface area contributed by atoms with E-state index in [1.165, 1.54) is 0 Å². The van der Waals surface area contributed by atoms with Gasteiger partial charge in [-0.25, -0.2) is 4.79 Å². The zero-order valence-corrected chi connectivity index (χ0v) is 10.7. The summed E-state index contributed by atoms with van der Waals surface area (Å²) in [4.78, 5) is 24.4. The molecule has 0 amide bonds. The van der Waals surface area contributed by atoms with E-state index in [0.29, 0.717) is 0 Å². The Morgan fingerprint density at radius 2 is 1.95 bits per heavy atom. The van der Waals surface area contributed by atoms with Crippen molar-refractivity contribution in [1.29, 1.82) is 0 Å². The zero-order chi connectivity index (χ0) is 16.5. The Labute approximate surface area is 121 Å². The van der Waals surface area contributed by atoms with Crippen LogP contribution in [-0.4, -0.2) is 21.0 Å². The minimum atomic E-state index is -4.69. The van der Waals surface area contributed by atoms with E-state index >= 15 is 0 Å². The van der Waals surface area contributed by atoms with Gasteiger partial charge in [0.05, 0.1) is 16.2 Å². The number of nitro groups is 1. The molecule has 0 bridgehead atoms. The SMILES string of the molecule is O=C(O)c1ccc(-c2ncccc2C(F)(F)F)cc1[N+](=O)[O-]. The Hall–Kier alpha value is -2.97. The number of carbonyl (C=O) groups is 1. The number of alkyl halides is 3. The molecule has 114 valence electrons. The van der Waals surface area contributed by atoms with Gasteiger partial charge in [0.1, 0.15) is 5.56 Å². The average Bonchev–Trinajstić information content (AvgIpc) is 2.45. The van der Waals surface area contributed by atoms with Crippen LogP contribution in [0.1, 0.15) is 15.9 Å². The van der Waals surface area contributed by atoms with Crippen LogP contribution in [0.3, 0.4) is 0 Å². The summed E-state index contributed by atoms with van der Waals surface area (Å²) in [5.41, 5.74) is -3.17. The third kappa shape index (κ3) is 2.87. The summed E-state index contributed by atoms with van der Waals surface area (Å²) in [6, 6.07) is 4.57. The predicted molar refractivity (Wildman–Crippen MR) is 68.3 cm³/mol. The normalized spacial score (nSPS) is 11.2. The number of benzene rings is 1. The van der Waals surface area contributed by atoms with E-state index in [0.717, 1.165) is 36.5 Å². The second kappa shape index (κ2) is 5.43. The Balaban J connectivity index is 2.68. The van der Waals surface area contributed by atoms with E-state index in [1.807, 2.05) is 0 Å². The van der Waals surface area contributed by atoms with Gasteiger partial charge >= 0.3 is 12.1 Å². The smallest absolute Gasteiger partial charge is 0.418 e. The standard InChI is InChI=1S/C13H7F3N2O4/c14-13(15,16)9-2-1-5-17-11(9)7-3-4-8(12(19)20)10(6-7)18(21)22/h1-6H,(H,19,20). The first-order valence-corrected chi connectivity index (χ1v) is 5.76. The van der Waals surface area contributed by atoms with Crippen LogP contribution in [0.15, 0.2) is 36.5 Å². The van der Waals surface area contributed by atoms with Gasteiger partial charge in [-0.3, -0.25) is 15.1 Å². The number of rotatable bonds is 3. The maximum atomic E-state index is 12.9. The molecule has 6 nitrogen and oxygen atoms in total. The number of nitro benzene ring substituents is 1. The molecule has 0 saturated carbocycles. The van der Waals surface area contributed by atoms with Crippen molar-refractivity contribution in [3.05, 3.63) is 57.8 Å². The highest BCUT2D eigenvalue weighted by Crippen LogP contribution is 2.37. The van der Waals surface area contributed by atoms with Gasteiger partial charge < -0.3 is 5.11 Å². The fraction of sp³-hybridized carbons (Fsp3) is 0.0769. The Kier molecular flexibility index (Phi) is 3.81. The second-order valence-corrected chi connectivity index (χ2v) is 4.19. The van der Waals surface area contributed by atoms with E-state index in [1.54, 1.807) is 0 Å². The van der Waals surface area contributed by atoms with Crippen molar-refractivity contribution >= 4 is 11.7 Å². The van der Waals surface area contributed by atoms with Crippen molar-refractivity contribution in [2.24, 2.45) is 0 Å². The molecule has 9 heteroatoms. The van der Waals surface area contributed by atoms with Gasteiger partial charge in [-0.15, -0.1) is 0 Å². The third-order valence-corrected chi connectivity index (χ3v) is 2.81. The van der Waals surface area contributed by atoms with E-state index < -0.39 is 39.6 Å². The maximum absolute atomic E-state index is 12.9. The highest BCUT2D eigenvalue weighted by Gasteiger charge is 2.34. The van der Waals surface area contributed by atoms with Crippen LogP contribution in [-0.2, 0) is 6.18 Å². The van der Waals surface area contributed by atoms with Crippen LogP contribution in [0.5, 0.6) is 0 Å². The van der Waals surface area contributed by atoms with Crippen LogP contribution in [0.4, 0.5) is 18.9 Å². The lowest BCUT2D eigenvalue weighted by Crippen LogP contribution is -2.09. The van der Waals surface area contributed by atoms with Gasteiger partial charge in [-0.05, 0) is 18.2 Å². The first-order chi connectivity index (χ1) is 10.2. The quantitative estimate of drug-likeness (QED) is 0.692. The number of aromatic carboxylic acids is 1. The molecule has 2 aromatic rings. The minimum Gasteiger partial charge on any atom is -0.477 e. The summed E-state index contributed by atoms with van der Waals surface area (Å²) in [5, 5.41) is 19.8. The molecule has 0 atom stereocenters. The molecule has 1 aromatic heterocycles. The largest absolute Gasteiger partial charge is 0.477 e. The molecule has 0 aliphatic carbocycles. The number of hydrogen-bond acceptors (Lipinski definition) is 4. The lowest BCUT2D eigenvalue weighted by molar-refractivity contribution is -0.385. The number of halogens is 3. The highest BCUT2D eigenvalue weighted by molar-refractivity contribution is 5.93. The van der Waals surface area contributed by atoms with E-state index in [4.69, 9.17) is 5.11 Å². The van der Waals surface area contributed by atoms with Crippen molar-refractivity contribution < 1.29 is 28.0 Å². The molecule has 1 N–H and O–H groups in total. The molecule has 0 aliphatic rings. The lowest BCUT2D eigenvalue weighted by atomic mass is 10.0. The maximum Gasteiger partial charge on any atom is 0.418 e. The van der Waals surface area contributed by atoms with Gasteiger partial charge in [-0.1, -0.05) is 6.07 Å². The number of pyridine rings is 1. The Bertz CT molecular complexity index is 759. The fourth-order valence-corrected chi connectivity index (χ4v) is 1.87. The molecule has 0 aliphatic heterocycles. The number of aromatic nitrogens is 1. The molecule has 0 saturated heterocycles. The number of nitrogens with zero attached hydrogens (tertiary/aromatic N) is 2. The van der Waals surface area contributed by atoms with Crippen LogP contribution in [0.2, 0.25) is 0 Å². The Morgan fingerprint density at radius 1 is 1.27 bits per heavy atom. The highest BCUT2D eigenvalue weighted by atomic mass is 19.4. The number of hydrogen-bond donors (Lipinski definition) is 1. The molecule has 0 unspecified atom stereocenters. The van der Waals surface area contributed by atoms with Crippen molar-refractivity contribution in [3.8, 4) is 11.3 Å². The summed E-state index contributed by atoms with van der Waals surface area (Å²) in [5.74, 6) is -1.55. The third-order valence-electron chi connectivity index (χ3n) is 2.81. The van der Waals surface area contributed by atoms with E-state index in [9.17, 15) is 28.1 Å². The molecule has 1 aromatic carbocycles. The van der Waals surface area contributed by atoms with Crippen molar-refractivity contribution in [1.82, 2.24) is 4.98 Å². The monoisotopic (exact) mass is 312 g/mol. The molecule has 2 rings (SSSR count). The predicted octanol–water partition coefficient (Wildman–Crippen LogP) is 3.37. The first kappa shape index (κ1) is 15.4. The second-order valence-electron chi connectivity index (χ2n) is 4.19. The minimum absolute atomic E-state index is 0.190. The van der Waals surface area contributed by atoms with Gasteiger partial charge in [0, 0.05) is 17.8 Å². The molecule has 0 fully saturated rings. The molecule has 0 spiro atoms. The van der Waals surface area contributed by atoms with Crippen LogP contribution in [0.25, 0.3) is 11.3 Å². The van der Waals surface area contributed by atoms with E-state index in [-0.39, 0.29) is 5.56 Å². The summed E-state index contributed by atoms with van der Waals surface area (Å²) in [6.45, 7) is 0. The molecule has 22 heavy (non-hydrogen) atoms. The fourth-order valence-electron chi connectivity index (χ4n) is 1.87. The topological polar surface area (TPSA) is 93.3 Å². The first-order valence-electron chi connectivity index (χ1n) is 5.76. The Morgan fingerprint density at radius 3 is 2.50 bits per heavy atom. The average molecular weight is 312 g/mol. The van der Waals surface area contributed by atoms with Crippen molar-refractivity contribution in [2.75, 3.05) is 0 Å². The number of carboxylic acid groups (broad SMARTS) is 1. The number of carboxylic acids is 1. The van der Waals surface area contributed by atoms with Gasteiger partial charge in [0.15, 0.2) is 0 Å². The van der Waals surface area contributed by atoms with Crippen molar-refractivity contribution in [3.63, 3.8) is 0 Å². The molecular formula is C13H7F3N2O4. The molecule has 0 radical (unpaired) electrons. The zero-order valence-electron chi connectivity index (χ0n) is 10.7. The van der Waals surface area contributed by atoms with Crippen molar-refractivity contribution in [2.45, 2.75) is 6.18 Å². The van der Waals surface area contributed by atoms with Crippen LogP contribution < -0.4 is 0 Å². The van der Waals surface area contributed by atoms with Crippen LogP contribution >= 0.6 is 0 Å². The van der Waals surface area contributed by atoms with Gasteiger partial charge in [0.25, 0.3) is 5.69 Å². The van der Waals surface area contributed by atoms with Gasteiger partial charge in [-0.2, -0.15) is 13.2 Å². The lowest BCUT2D eigenvalue weighted by Gasteiger charge is -2.11. The molecular weight excluding hydrogens is 305 g/mol. The summed E-state index contributed by atoms with van der Waals surface area (Å²) in [7, 11) is 0. The van der Waals surface area contributed by atoms with Crippen LogP contribution in [0, 0.1) is 10.1 Å².